The van der Waals surface area contributed by atoms with E-state index in [4.69, 9.17) is 23.2 Å². The Balaban J connectivity index is 2.19. The molecule has 0 atom stereocenters. The maximum absolute atomic E-state index is 10.0. The van der Waals surface area contributed by atoms with E-state index in [1.165, 1.54) is 0 Å². The zero-order valence-corrected chi connectivity index (χ0v) is 13.4. The molecule has 1 aromatic heterocycles. The summed E-state index contributed by atoms with van der Waals surface area (Å²) in [6.07, 6.45) is 2.43. The van der Waals surface area contributed by atoms with E-state index in [0.717, 1.165) is 31.9 Å². The van der Waals surface area contributed by atoms with Gasteiger partial charge in [-0.3, -0.25) is 0 Å². The fourth-order valence-corrected chi connectivity index (χ4v) is 2.79. The van der Waals surface area contributed by atoms with Crippen molar-refractivity contribution < 1.29 is 5.11 Å². The molecule has 1 aliphatic heterocycles. The lowest BCUT2D eigenvalue weighted by molar-refractivity contribution is 0.0350. The van der Waals surface area contributed by atoms with E-state index in [-0.39, 0.29) is 0 Å². The molecule has 1 aliphatic rings. The summed E-state index contributed by atoms with van der Waals surface area (Å²) < 4.78 is 0. The molecule has 4 nitrogen and oxygen atoms in total. The van der Waals surface area contributed by atoms with E-state index >= 15 is 0 Å². The number of nitrogens with zero attached hydrogens (tertiary/aromatic N) is 2. The molecule has 1 aromatic rings. The summed E-state index contributed by atoms with van der Waals surface area (Å²) in [4.78, 5) is 6.65. The van der Waals surface area contributed by atoms with Gasteiger partial charge in [0.1, 0.15) is 11.6 Å². The minimum absolute atomic E-state index is 0.538. The first kappa shape index (κ1) is 15.7. The molecule has 1 saturated heterocycles. The Morgan fingerprint density at radius 1 is 1.35 bits per heavy atom. The van der Waals surface area contributed by atoms with E-state index < -0.39 is 5.60 Å². The van der Waals surface area contributed by atoms with Gasteiger partial charge in [-0.1, -0.05) is 30.1 Å². The summed E-state index contributed by atoms with van der Waals surface area (Å²) in [5.41, 5.74) is -0.585. The van der Waals surface area contributed by atoms with Crippen molar-refractivity contribution in [3.63, 3.8) is 0 Å². The molecule has 2 N–H and O–H groups in total. The van der Waals surface area contributed by atoms with E-state index in [1.54, 1.807) is 6.07 Å². The number of rotatable bonds is 4. The van der Waals surface area contributed by atoms with Crippen LogP contribution in [-0.2, 0) is 0 Å². The number of aliphatic hydroxyl groups is 1. The molecule has 112 valence electrons. The predicted octanol–water partition coefficient (Wildman–Crippen LogP) is 3.56. The number of hydrogen-bond acceptors (Lipinski definition) is 4. The average molecular weight is 318 g/mol. The van der Waals surface area contributed by atoms with Crippen molar-refractivity contribution in [1.82, 2.24) is 4.98 Å². The fourth-order valence-electron chi connectivity index (χ4n) is 2.25. The number of aromatic nitrogens is 1. The molecule has 0 amide bonds. The number of halogens is 2. The van der Waals surface area contributed by atoms with Crippen molar-refractivity contribution in [1.29, 1.82) is 0 Å². The first-order chi connectivity index (χ1) is 9.43. The molecular weight excluding hydrogens is 297 g/mol. The summed E-state index contributed by atoms with van der Waals surface area (Å²) in [5.74, 6) is 1.41. The Bertz CT molecular complexity index is 470. The smallest absolute Gasteiger partial charge is 0.149 e. The predicted molar refractivity (Wildman–Crippen MR) is 85.1 cm³/mol. The van der Waals surface area contributed by atoms with Crippen LogP contribution in [0.1, 0.15) is 33.1 Å². The highest BCUT2D eigenvalue weighted by Gasteiger charge is 2.29. The molecule has 2 heterocycles. The summed E-state index contributed by atoms with van der Waals surface area (Å²) in [5, 5.41) is 14.3. The van der Waals surface area contributed by atoms with Crippen molar-refractivity contribution in [2.24, 2.45) is 0 Å². The molecule has 6 heteroatoms. The van der Waals surface area contributed by atoms with Crippen LogP contribution in [0.3, 0.4) is 0 Å². The van der Waals surface area contributed by atoms with Gasteiger partial charge < -0.3 is 15.3 Å². The Morgan fingerprint density at radius 3 is 2.60 bits per heavy atom. The zero-order valence-electron chi connectivity index (χ0n) is 11.9. The van der Waals surface area contributed by atoms with E-state index in [9.17, 15) is 5.11 Å². The molecule has 0 radical (unpaired) electrons. The van der Waals surface area contributed by atoms with Gasteiger partial charge in [0.05, 0.1) is 15.6 Å². The van der Waals surface area contributed by atoms with Crippen LogP contribution in [0.4, 0.5) is 11.6 Å². The molecule has 0 spiro atoms. The Labute approximate surface area is 130 Å². The van der Waals surface area contributed by atoms with Crippen molar-refractivity contribution in [2.75, 3.05) is 29.9 Å². The first-order valence-corrected chi connectivity index (χ1v) is 7.76. The Kier molecular flexibility index (Phi) is 4.99. The van der Waals surface area contributed by atoms with Crippen LogP contribution in [0.15, 0.2) is 6.07 Å². The van der Waals surface area contributed by atoms with E-state index in [1.807, 2.05) is 6.92 Å². The highest BCUT2D eigenvalue weighted by molar-refractivity contribution is 6.37. The summed E-state index contributed by atoms with van der Waals surface area (Å²) in [6.45, 7) is 6.27. The standard InChI is InChI=1S/C14H21Cl2N3O/c1-3-6-17-12-10(15)9-11(16)13(18-12)19-7-4-14(2,20)5-8-19/h9,20H,3-8H2,1-2H3,(H,17,18). The number of anilines is 2. The molecule has 20 heavy (non-hydrogen) atoms. The van der Waals surface area contributed by atoms with Gasteiger partial charge in [0.15, 0.2) is 0 Å². The maximum Gasteiger partial charge on any atom is 0.149 e. The molecule has 0 bridgehead atoms. The van der Waals surface area contributed by atoms with Gasteiger partial charge in [-0.05, 0) is 32.3 Å². The molecule has 0 unspecified atom stereocenters. The molecule has 0 aliphatic carbocycles. The monoisotopic (exact) mass is 317 g/mol. The topological polar surface area (TPSA) is 48.4 Å². The maximum atomic E-state index is 10.0. The Morgan fingerprint density at radius 2 is 2.00 bits per heavy atom. The van der Waals surface area contributed by atoms with Gasteiger partial charge >= 0.3 is 0 Å². The lowest BCUT2D eigenvalue weighted by Gasteiger charge is -2.36. The molecule has 1 fully saturated rings. The van der Waals surface area contributed by atoms with Crippen molar-refractivity contribution >= 4 is 34.8 Å². The summed E-state index contributed by atoms with van der Waals surface area (Å²) in [6, 6.07) is 1.73. The number of nitrogens with one attached hydrogen (secondary N) is 1. The number of piperidine rings is 1. The molecule has 0 saturated carbocycles. The SMILES string of the molecule is CCCNc1nc(N2CCC(C)(O)CC2)c(Cl)cc1Cl. The number of pyridine rings is 1. The second kappa shape index (κ2) is 6.37. The van der Waals surface area contributed by atoms with Gasteiger partial charge in [-0.2, -0.15) is 0 Å². The molecule has 2 rings (SSSR count). The van der Waals surface area contributed by atoms with E-state index in [2.05, 4.69) is 22.1 Å². The lowest BCUT2D eigenvalue weighted by Crippen LogP contribution is -2.42. The van der Waals surface area contributed by atoms with Crippen LogP contribution in [0, 0.1) is 0 Å². The van der Waals surface area contributed by atoms with Crippen LogP contribution < -0.4 is 10.2 Å². The largest absolute Gasteiger partial charge is 0.390 e. The lowest BCUT2D eigenvalue weighted by atomic mass is 9.94. The normalized spacial score (nSPS) is 18.1. The average Bonchev–Trinajstić information content (AvgIpc) is 2.38. The third-order valence-electron chi connectivity index (χ3n) is 3.59. The second-order valence-corrected chi connectivity index (χ2v) is 6.35. The Hall–Kier alpha value is -0.710. The van der Waals surface area contributed by atoms with Gasteiger partial charge in [-0.25, -0.2) is 4.98 Å². The van der Waals surface area contributed by atoms with Gasteiger partial charge in [-0.15, -0.1) is 0 Å². The summed E-state index contributed by atoms with van der Waals surface area (Å²) >= 11 is 12.4. The fraction of sp³-hybridized carbons (Fsp3) is 0.643. The second-order valence-electron chi connectivity index (χ2n) is 5.53. The number of hydrogen-bond donors (Lipinski definition) is 2. The minimum atomic E-state index is -0.585. The van der Waals surface area contributed by atoms with Gasteiger partial charge in [0.25, 0.3) is 0 Å². The first-order valence-electron chi connectivity index (χ1n) is 7.00. The molecular formula is C14H21Cl2N3O. The quantitative estimate of drug-likeness (QED) is 0.891. The van der Waals surface area contributed by atoms with Gasteiger partial charge in [0.2, 0.25) is 0 Å². The highest BCUT2D eigenvalue weighted by atomic mass is 35.5. The third kappa shape index (κ3) is 3.68. The van der Waals surface area contributed by atoms with Gasteiger partial charge in [0, 0.05) is 19.6 Å². The zero-order chi connectivity index (χ0) is 14.8. The highest BCUT2D eigenvalue weighted by Crippen LogP contribution is 2.34. The molecule has 0 aromatic carbocycles. The van der Waals surface area contributed by atoms with Crippen molar-refractivity contribution in [3.05, 3.63) is 16.1 Å². The van der Waals surface area contributed by atoms with Crippen LogP contribution >= 0.6 is 23.2 Å². The third-order valence-corrected chi connectivity index (χ3v) is 4.16. The van der Waals surface area contributed by atoms with E-state index in [0.29, 0.717) is 28.7 Å². The van der Waals surface area contributed by atoms with Crippen LogP contribution in [-0.4, -0.2) is 35.3 Å². The van der Waals surface area contributed by atoms with Crippen LogP contribution in [0.2, 0.25) is 10.0 Å². The van der Waals surface area contributed by atoms with Crippen molar-refractivity contribution in [3.8, 4) is 0 Å². The van der Waals surface area contributed by atoms with Crippen LogP contribution in [0.25, 0.3) is 0 Å². The minimum Gasteiger partial charge on any atom is -0.390 e. The van der Waals surface area contributed by atoms with Crippen molar-refractivity contribution in [2.45, 2.75) is 38.7 Å². The summed E-state index contributed by atoms with van der Waals surface area (Å²) in [7, 11) is 0. The van der Waals surface area contributed by atoms with Crippen LogP contribution in [0.5, 0.6) is 0 Å².